The molecule has 1 aromatic heterocycles. The lowest BCUT2D eigenvalue weighted by atomic mass is 10.2. The SMILES string of the molecule is COc1c(OCc2ccccc2)ccc2c(=O)[nH]cnc12. The Balaban J connectivity index is 1.97. The molecule has 0 aliphatic rings. The minimum atomic E-state index is -0.201. The van der Waals surface area contributed by atoms with Crippen LogP contribution in [0.2, 0.25) is 0 Å². The molecule has 21 heavy (non-hydrogen) atoms. The third-order valence-electron chi connectivity index (χ3n) is 3.17. The molecule has 3 rings (SSSR count). The minimum Gasteiger partial charge on any atom is -0.491 e. The Morgan fingerprint density at radius 1 is 1.14 bits per heavy atom. The fourth-order valence-corrected chi connectivity index (χ4v) is 2.14. The van der Waals surface area contributed by atoms with E-state index in [1.54, 1.807) is 12.1 Å². The van der Waals surface area contributed by atoms with Gasteiger partial charge in [0.2, 0.25) is 0 Å². The molecular weight excluding hydrogens is 268 g/mol. The third kappa shape index (κ3) is 2.58. The standard InChI is InChI=1S/C16H14N2O3/c1-20-15-13(21-9-11-5-3-2-4-6-11)8-7-12-14(15)17-10-18-16(12)19/h2-8,10H,9H2,1H3,(H,17,18,19). The Morgan fingerprint density at radius 3 is 2.71 bits per heavy atom. The Labute approximate surface area is 121 Å². The molecule has 2 aromatic carbocycles. The van der Waals surface area contributed by atoms with Crippen molar-refractivity contribution in [1.82, 2.24) is 9.97 Å². The van der Waals surface area contributed by atoms with Gasteiger partial charge in [0, 0.05) is 0 Å². The van der Waals surface area contributed by atoms with Crippen molar-refractivity contribution >= 4 is 10.9 Å². The number of aromatic nitrogens is 2. The van der Waals surface area contributed by atoms with Gasteiger partial charge in [0.1, 0.15) is 12.1 Å². The van der Waals surface area contributed by atoms with Gasteiger partial charge in [-0.2, -0.15) is 0 Å². The summed E-state index contributed by atoms with van der Waals surface area (Å²) in [7, 11) is 1.53. The lowest BCUT2D eigenvalue weighted by Crippen LogP contribution is -2.07. The van der Waals surface area contributed by atoms with Crippen LogP contribution in [0.4, 0.5) is 0 Å². The van der Waals surface area contributed by atoms with E-state index in [2.05, 4.69) is 9.97 Å². The van der Waals surface area contributed by atoms with Gasteiger partial charge in [-0.25, -0.2) is 4.98 Å². The monoisotopic (exact) mass is 282 g/mol. The number of hydrogen-bond donors (Lipinski definition) is 1. The zero-order valence-corrected chi connectivity index (χ0v) is 11.5. The Morgan fingerprint density at radius 2 is 1.95 bits per heavy atom. The maximum Gasteiger partial charge on any atom is 0.258 e. The fourth-order valence-electron chi connectivity index (χ4n) is 2.14. The van der Waals surface area contributed by atoms with Crippen LogP contribution in [-0.4, -0.2) is 17.1 Å². The van der Waals surface area contributed by atoms with Gasteiger partial charge >= 0.3 is 0 Å². The molecule has 0 radical (unpaired) electrons. The topological polar surface area (TPSA) is 64.2 Å². The van der Waals surface area contributed by atoms with E-state index in [4.69, 9.17) is 9.47 Å². The summed E-state index contributed by atoms with van der Waals surface area (Å²) < 4.78 is 11.1. The van der Waals surface area contributed by atoms with Crippen LogP contribution in [0.3, 0.4) is 0 Å². The molecule has 0 aliphatic heterocycles. The highest BCUT2D eigenvalue weighted by Gasteiger charge is 2.12. The van der Waals surface area contributed by atoms with Crippen molar-refractivity contribution < 1.29 is 9.47 Å². The molecule has 0 fully saturated rings. The fraction of sp³-hybridized carbons (Fsp3) is 0.125. The Kier molecular flexibility index (Phi) is 3.55. The molecule has 0 bridgehead atoms. The molecule has 106 valence electrons. The summed E-state index contributed by atoms with van der Waals surface area (Å²) in [6.45, 7) is 0.423. The maximum absolute atomic E-state index is 11.7. The van der Waals surface area contributed by atoms with Crippen molar-refractivity contribution in [2.75, 3.05) is 7.11 Å². The highest BCUT2D eigenvalue weighted by atomic mass is 16.5. The highest BCUT2D eigenvalue weighted by Crippen LogP contribution is 2.33. The second-order valence-corrected chi connectivity index (χ2v) is 4.50. The predicted molar refractivity (Wildman–Crippen MR) is 79.7 cm³/mol. The van der Waals surface area contributed by atoms with Gasteiger partial charge in [-0.05, 0) is 17.7 Å². The smallest absolute Gasteiger partial charge is 0.258 e. The number of H-pyrrole nitrogens is 1. The summed E-state index contributed by atoms with van der Waals surface area (Å²) in [5.74, 6) is 1.03. The van der Waals surface area contributed by atoms with Crippen molar-refractivity contribution in [2.45, 2.75) is 6.61 Å². The van der Waals surface area contributed by atoms with Crippen LogP contribution in [0.5, 0.6) is 11.5 Å². The van der Waals surface area contributed by atoms with Gasteiger partial charge in [-0.15, -0.1) is 0 Å². The normalized spacial score (nSPS) is 10.5. The zero-order chi connectivity index (χ0) is 14.7. The van der Waals surface area contributed by atoms with E-state index in [1.165, 1.54) is 13.4 Å². The van der Waals surface area contributed by atoms with Crippen LogP contribution < -0.4 is 15.0 Å². The molecule has 0 atom stereocenters. The molecule has 5 heteroatoms. The first-order chi connectivity index (χ1) is 10.3. The zero-order valence-electron chi connectivity index (χ0n) is 11.5. The highest BCUT2D eigenvalue weighted by molar-refractivity contribution is 5.86. The van der Waals surface area contributed by atoms with Crippen LogP contribution in [0.25, 0.3) is 10.9 Å². The molecule has 0 saturated heterocycles. The second-order valence-electron chi connectivity index (χ2n) is 4.50. The van der Waals surface area contributed by atoms with E-state index in [0.717, 1.165) is 5.56 Å². The first-order valence-electron chi connectivity index (χ1n) is 6.50. The number of benzene rings is 2. The average Bonchev–Trinajstić information content (AvgIpc) is 2.53. The maximum atomic E-state index is 11.7. The van der Waals surface area contributed by atoms with E-state index in [1.807, 2.05) is 30.3 Å². The molecule has 0 saturated carbocycles. The van der Waals surface area contributed by atoms with Crippen molar-refractivity contribution in [1.29, 1.82) is 0 Å². The predicted octanol–water partition coefficient (Wildman–Crippen LogP) is 2.51. The number of rotatable bonds is 4. The van der Waals surface area contributed by atoms with E-state index >= 15 is 0 Å². The number of nitrogens with one attached hydrogen (secondary N) is 1. The molecule has 0 aliphatic carbocycles. The summed E-state index contributed by atoms with van der Waals surface area (Å²) >= 11 is 0. The lowest BCUT2D eigenvalue weighted by Gasteiger charge is -2.12. The quantitative estimate of drug-likeness (QED) is 0.798. The van der Waals surface area contributed by atoms with Crippen LogP contribution in [0, 0.1) is 0 Å². The molecule has 1 N–H and O–H groups in total. The molecule has 0 unspecified atom stereocenters. The van der Waals surface area contributed by atoms with Gasteiger partial charge < -0.3 is 14.5 Å². The molecule has 3 aromatic rings. The molecule has 0 amide bonds. The molecule has 5 nitrogen and oxygen atoms in total. The van der Waals surface area contributed by atoms with E-state index in [0.29, 0.717) is 29.0 Å². The van der Waals surface area contributed by atoms with E-state index < -0.39 is 0 Å². The summed E-state index contributed by atoms with van der Waals surface area (Å²) in [6.07, 6.45) is 1.36. The van der Waals surface area contributed by atoms with E-state index in [-0.39, 0.29) is 5.56 Å². The van der Waals surface area contributed by atoms with Gasteiger partial charge in [-0.3, -0.25) is 4.79 Å². The number of fused-ring (bicyclic) bond motifs is 1. The van der Waals surface area contributed by atoms with Crippen LogP contribution in [0.15, 0.2) is 53.6 Å². The first-order valence-corrected chi connectivity index (χ1v) is 6.50. The number of aromatic amines is 1. The minimum absolute atomic E-state index is 0.201. The van der Waals surface area contributed by atoms with E-state index in [9.17, 15) is 4.79 Å². The number of nitrogens with zero attached hydrogens (tertiary/aromatic N) is 1. The number of ether oxygens (including phenoxy) is 2. The van der Waals surface area contributed by atoms with Gasteiger partial charge in [0.15, 0.2) is 11.5 Å². The van der Waals surface area contributed by atoms with Gasteiger partial charge in [0.05, 0.1) is 18.8 Å². The summed E-state index contributed by atoms with van der Waals surface area (Å²) in [6, 6.07) is 13.2. The Bertz CT molecular complexity index is 813. The number of methoxy groups -OCH3 is 1. The molecular formula is C16H14N2O3. The van der Waals surface area contributed by atoms with Crippen molar-refractivity contribution in [3.63, 3.8) is 0 Å². The third-order valence-corrected chi connectivity index (χ3v) is 3.17. The first kappa shape index (κ1) is 13.2. The van der Waals surface area contributed by atoms with Crippen molar-refractivity contribution in [3.8, 4) is 11.5 Å². The molecule has 0 spiro atoms. The summed E-state index contributed by atoms with van der Waals surface area (Å²) in [5, 5.41) is 0.474. The molecule has 1 heterocycles. The summed E-state index contributed by atoms with van der Waals surface area (Å²) in [4.78, 5) is 18.5. The van der Waals surface area contributed by atoms with Crippen LogP contribution in [0.1, 0.15) is 5.56 Å². The van der Waals surface area contributed by atoms with Crippen LogP contribution >= 0.6 is 0 Å². The van der Waals surface area contributed by atoms with Crippen molar-refractivity contribution in [3.05, 3.63) is 64.7 Å². The van der Waals surface area contributed by atoms with Gasteiger partial charge in [-0.1, -0.05) is 30.3 Å². The summed E-state index contributed by atoms with van der Waals surface area (Å²) in [5.41, 5.74) is 1.35. The van der Waals surface area contributed by atoms with Crippen LogP contribution in [-0.2, 0) is 6.61 Å². The second kappa shape index (κ2) is 5.66. The Hall–Kier alpha value is -2.82. The lowest BCUT2D eigenvalue weighted by molar-refractivity contribution is 0.286. The van der Waals surface area contributed by atoms with Crippen molar-refractivity contribution in [2.24, 2.45) is 0 Å². The number of hydrogen-bond acceptors (Lipinski definition) is 4. The van der Waals surface area contributed by atoms with Gasteiger partial charge in [0.25, 0.3) is 5.56 Å². The average molecular weight is 282 g/mol. The largest absolute Gasteiger partial charge is 0.491 e.